The van der Waals surface area contributed by atoms with Crippen molar-refractivity contribution < 1.29 is 9.53 Å². The highest BCUT2D eigenvalue weighted by Crippen LogP contribution is 2.21. The molecule has 0 saturated heterocycles. The molecule has 94 valence electrons. The Hall–Kier alpha value is -1.55. The van der Waals surface area contributed by atoms with Gasteiger partial charge >= 0.3 is 0 Å². The molecule has 0 atom stereocenters. The van der Waals surface area contributed by atoms with E-state index in [4.69, 9.17) is 10.5 Å². The number of nitrogens with two attached hydrogens (primary N) is 1. The fourth-order valence-electron chi connectivity index (χ4n) is 1.50. The second-order valence-electron chi connectivity index (χ2n) is 3.87. The molecule has 0 saturated carbocycles. The molecule has 17 heavy (non-hydrogen) atoms. The Bertz CT molecular complexity index is 366. The molecule has 0 aliphatic carbocycles. The van der Waals surface area contributed by atoms with Gasteiger partial charge in [-0.05, 0) is 18.6 Å². The van der Waals surface area contributed by atoms with Gasteiger partial charge in [-0.25, -0.2) is 0 Å². The smallest absolute Gasteiger partial charge is 0.229 e. The summed E-state index contributed by atoms with van der Waals surface area (Å²) in [5.41, 5.74) is 7.16. The first-order valence-corrected chi connectivity index (χ1v) is 5.85. The summed E-state index contributed by atoms with van der Waals surface area (Å²) in [5, 5.41) is 0. The van der Waals surface area contributed by atoms with Gasteiger partial charge in [0.05, 0.1) is 24.4 Å². The molecule has 1 aromatic carbocycles. The van der Waals surface area contributed by atoms with Gasteiger partial charge in [-0.1, -0.05) is 19.1 Å². The number of carbonyl (C=O) groups is 1. The number of anilines is 2. The van der Waals surface area contributed by atoms with Crippen LogP contribution in [-0.2, 0) is 9.53 Å². The number of hydrogen-bond donors (Lipinski definition) is 1. The second kappa shape index (κ2) is 6.91. The first-order valence-electron chi connectivity index (χ1n) is 5.85. The zero-order chi connectivity index (χ0) is 12.7. The number of ether oxygens (including phenoxy) is 1. The third kappa shape index (κ3) is 4.07. The van der Waals surface area contributed by atoms with Gasteiger partial charge in [0.1, 0.15) is 0 Å². The van der Waals surface area contributed by atoms with Crippen molar-refractivity contribution in [3.8, 4) is 0 Å². The largest absolute Gasteiger partial charge is 0.397 e. The van der Waals surface area contributed by atoms with Gasteiger partial charge < -0.3 is 15.4 Å². The SMILES string of the molecule is CCCOCCC(=O)N(C)c1ccccc1N. The molecule has 4 heteroatoms. The minimum absolute atomic E-state index is 0.0130. The van der Waals surface area contributed by atoms with Crippen molar-refractivity contribution in [2.75, 3.05) is 30.9 Å². The average Bonchev–Trinajstić information content (AvgIpc) is 2.34. The highest BCUT2D eigenvalue weighted by atomic mass is 16.5. The molecule has 2 N–H and O–H groups in total. The maximum absolute atomic E-state index is 11.8. The van der Waals surface area contributed by atoms with Crippen LogP contribution in [0.15, 0.2) is 24.3 Å². The average molecular weight is 236 g/mol. The molecular weight excluding hydrogens is 216 g/mol. The first-order chi connectivity index (χ1) is 8.16. The predicted octanol–water partition coefficient (Wildman–Crippen LogP) is 2.05. The summed E-state index contributed by atoms with van der Waals surface area (Å²) >= 11 is 0. The lowest BCUT2D eigenvalue weighted by Gasteiger charge is -2.19. The molecule has 1 rings (SSSR count). The van der Waals surface area contributed by atoms with E-state index in [2.05, 4.69) is 0 Å². The summed E-state index contributed by atoms with van der Waals surface area (Å²) in [5.74, 6) is 0.0130. The van der Waals surface area contributed by atoms with Crippen LogP contribution in [0.1, 0.15) is 19.8 Å². The number of nitrogen functional groups attached to an aromatic ring is 1. The Morgan fingerprint density at radius 3 is 2.71 bits per heavy atom. The van der Waals surface area contributed by atoms with Crippen LogP contribution in [0.5, 0.6) is 0 Å². The molecule has 0 aliphatic rings. The molecule has 0 aromatic heterocycles. The number of para-hydroxylation sites is 2. The van der Waals surface area contributed by atoms with Crippen LogP contribution < -0.4 is 10.6 Å². The van der Waals surface area contributed by atoms with E-state index in [9.17, 15) is 4.79 Å². The summed E-state index contributed by atoms with van der Waals surface area (Å²) < 4.78 is 5.29. The Morgan fingerprint density at radius 1 is 1.35 bits per heavy atom. The van der Waals surface area contributed by atoms with Gasteiger partial charge in [0.25, 0.3) is 0 Å². The number of rotatable bonds is 6. The standard InChI is InChI=1S/C13H20N2O2/c1-3-9-17-10-8-13(16)15(2)12-7-5-4-6-11(12)14/h4-7H,3,8-10,14H2,1-2H3. The molecule has 1 aromatic rings. The number of nitrogens with zero attached hydrogens (tertiary/aromatic N) is 1. The van der Waals surface area contributed by atoms with E-state index in [-0.39, 0.29) is 5.91 Å². The van der Waals surface area contributed by atoms with Crippen LogP contribution in [0.2, 0.25) is 0 Å². The topological polar surface area (TPSA) is 55.6 Å². The van der Waals surface area contributed by atoms with Crippen molar-refractivity contribution in [2.24, 2.45) is 0 Å². The first kappa shape index (κ1) is 13.5. The summed E-state index contributed by atoms with van der Waals surface area (Å²) in [7, 11) is 1.73. The van der Waals surface area contributed by atoms with E-state index in [0.717, 1.165) is 12.1 Å². The van der Waals surface area contributed by atoms with Gasteiger partial charge in [0.2, 0.25) is 5.91 Å². The fraction of sp³-hybridized carbons (Fsp3) is 0.462. The van der Waals surface area contributed by atoms with E-state index >= 15 is 0 Å². The Balaban J connectivity index is 2.49. The predicted molar refractivity (Wildman–Crippen MR) is 70.0 cm³/mol. The number of benzene rings is 1. The van der Waals surface area contributed by atoms with Crippen molar-refractivity contribution in [2.45, 2.75) is 19.8 Å². The Labute approximate surface area is 102 Å². The molecular formula is C13H20N2O2. The lowest BCUT2D eigenvalue weighted by molar-refractivity contribution is -0.119. The normalized spacial score (nSPS) is 10.2. The summed E-state index contributed by atoms with van der Waals surface area (Å²) in [4.78, 5) is 13.4. The third-order valence-corrected chi connectivity index (χ3v) is 2.48. The maximum atomic E-state index is 11.8. The Morgan fingerprint density at radius 2 is 2.06 bits per heavy atom. The van der Waals surface area contributed by atoms with E-state index in [1.807, 2.05) is 25.1 Å². The molecule has 0 aliphatic heterocycles. The second-order valence-corrected chi connectivity index (χ2v) is 3.87. The van der Waals surface area contributed by atoms with Crippen LogP contribution in [0, 0.1) is 0 Å². The van der Waals surface area contributed by atoms with Crippen molar-refractivity contribution in [3.05, 3.63) is 24.3 Å². The van der Waals surface area contributed by atoms with Gasteiger partial charge in [0, 0.05) is 13.7 Å². The lowest BCUT2D eigenvalue weighted by atomic mass is 10.2. The minimum atomic E-state index is 0.0130. The monoisotopic (exact) mass is 236 g/mol. The minimum Gasteiger partial charge on any atom is -0.397 e. The van der Waals surface area contributed by atoms with Gasteiger partial charge in [-0.15, -0.1) is 0 Å². The molecule has 0 spiro atoms. The van der Waals surface area contributed by atoms with Gasteiger partial charge in [-0.3, -0.25) is 4.79 Å². The summed E-state index contributed by atoms with van der Waals surface area (Å²) in [6.07, 6.45) is 1.35. The van der Waals surface area contributed by atoms with Crippen LogP contribution in [0.25, 0.3) is 0 Å². The van der Waals surface area contributed by atoms with E-state index in [1.165, 1.54) is 0 Å². The molecule has 4 nitrogen and oxygen atoms in total. The summed E-state index contributed by atoms with van der Waals surface area (Å²) in [6.45, 7) is 3.20. The van der Waals surface area contributed by atoms with Gasteiger partial charge in [0.15, 0.2) is 0 Å². The molecule has 0 bridgehead atoms. The van der Waals surface area contributed by atoms with Crippen molar-refractivity contribution in [1.82, 2.24) is 0 Å². The van der Waals surface area contributed by atoms with Crippen LogP contribution in [0.4, 0.5) is 11.4 Å². The van der Waals surface area contributed by atoms with E-state index in [0.29, 0.717) is 25.3 Å². The molecule has 1 amide bonds. The van der Waals surface area contributed by atoms with Crippen LogP contribution >= 0.6 is 0 Å². The number of amides is 1. The maximum Gasteiger partial charge on any atom is 0.229 e. The third-order valence-electron chi connectivity index (χ3n) is 2.48. The molecule has 0 fully saturated rings. The molecule has 0 heterocycles. The quantitative estimate of drug-likeness (QED) is 0.607. The van der Waals surface area contributed by atoms with Gasteiger partial charge in [-0.2, -0.15) is 0 Å². The molecule has 0 unspecified atom stereocenters. The Kier molecular flexibility index (Phi) is 5.49. The molecule has 0 radical (unpaired) electrons. The van der Waals surface area contributed by atoms with Crippen molar-refractivity contribution in [3.63, 3.8) is 0 Å². The van der Waals surface area contributed by atoms with Crippen LogP contribution in [0.3, 0.4) is 0 Å². The number of carbonyl (C=O) groups excluding carboxylic acids is 1. The van der Waals surface area contributed by atoms with Crippen molar-refractivity contribution >= 4 is 17.3 Å². The fourth-order valence-corrected chi connectivity index (χ4v) is 1.50. The number of hydrogen-bond acceptors (Lipinski definition) is 3. The van der Waals surface area contributed by atoms with E-state index < -0.39 is 0 Å². The van der Waals surface area contributed by atoms with Crippen LogP contribution in [-0.4, -0.2) is 26.2 Å². The highest BCUT2D eigenvalue weighted by Gasteiger charge is 2.12. The highest BCUT2D eigenvalue weighted by molar-refractivity contribution is 5.95. The van der Waals surface area contributed by atoms with Crippen molar-refractivity contribution in [1.29, 1.82) is 0 Å². The summed E-state index contributed by atoms with van der Waals surface area (Å²) in [6, 6.07) is 7.33. The van der Waals surface area contributed by atoms with E-state index in [1.54, 1.807) is 18.0 Å². The zero-order valence-electron chi connectivity index (χ0n) is 10.5. The zero-order valence-corrected chi connectivity index (χ0v) is 10.5. The lowest BCUT2D eigenvalue weighted by Crippen LogP contribution is -2.27.